The third kappa shape index (κ3) is 3.80. The summed E-state index contributed by atoms with van der Waals surface area (Å²) >= 11 is 5.89. The number of fused-ring (bicyclic) bond motifs is 1. The molecule has 1 aromatic heterocycles. The largest absolute Gasteiger partial charge is 0.432 e. The number of benzene rings is 2. The summed E-state index contributed by atoms with van der Waals surface area (Å²) in [5.41, 5.74) is -0.000287. The Kier molecular flexibility index (Phi) is 4.92. The minimum atomic E-state index is -1.22. The molecule has 0 atom stereocenters. The molecule has 1 amide bonds. The van der Waals surface area contributed by atoms with E-state index in [9.17, 15) is 14.3 Å². The van der Waals surface area contributed by atoms with E-state index in [1.165, 1.54) is 17.2 Å². The third-order valence-corrected chi connectivity index (χ3v) is 5.07. The maximum Gasteiger partial charge on any atom is 0.432 e. The second kappa shape index (κ2) is 7.38. The molecular formula is C19H18ClFN4O3. The highest BCUT2D eigenvalue weighted by atomic mass is 35.5. The van der Waals surface area contributed by atoms with Crippen molar-refractivity contribution in [2.24, 2.45) is 0 Å². The maximum absolute atomic E-state index is 13.6. The highest BCUT2D eigenvalue weighted by molar-refractivity contribution is 6.30. The second-order valence-corrected chi connectivity index (χ2v) is 7.18. The Morgan fingerprint density at radius 2 is 2.04 bits per heavy atom. The van der Waals surface area contributed by atoms with Gasteiger partial charge in [0.1, 0.15) is 5.82 Å². The van der Waals surface area contributed by atoms with Crippen molar-refractivity contribution >= 4 is 34.4 Å². The van der Waals surface area contributed by atoms with Crippen molar-refractivity contribution in [2.75, 3.05) is 18.4 Å². The van der Waals surface area contributed by atoms with Crippen molar-refractivity contribution in [1.82, 2.24) is 15.3 Å². The van der Waals surface area contributed by atoms with E-state index in [-0.39, 0.29) is 17.9 Å². The number of nitrogens with zero attached hydrogens (tertiary/aromatic N) is 2. The fraction of sp³-hybridized carbons (Fsp3) is 0.263. The van der Waals surface area contributed by atoms with Gasteiger partial charge in [-0.1, -0.05) is 23.7 Å². The summed E-state index contributed by atoms with van der Waals surface area (Å²) in [6, 6.07) is 11.4. The number of hydroxylamine groups is 2. The molecule has 3 N–H and O–H groups in total. The van der Waals surface area contributed by atoms with Gasteiger partial charge in [0.05, 0.1) is 11.1 Å². The standard InChI is InChI=1S/C19H18ClFN4O3/c20-13-9-12(10-14(21)11-13)19(27)5-7-25(8-6-19)28-18(26)22-17-15-3-1-2-4-16(15)23-24-17/h1-4,9-11,27H,5-8H2,(H2,22,23,24,26). The molecule has 9 heteroatoms. The highest BCUT2D eigenvalue weighted by Crippen LogP contribution is 2.34. The molecule has 0 aliphatic carbocycles. The second-order valence-electron chi connectivity index (χ2n) is 6.74. The molecule has 0 spiro atoms. The first-order valence-electron chi connectivity index (χ1n) is 8.79. The van der Waals surface area contributed by atoms with Crippen LogP contribution in [0.2, 0.25) is 5.02 Å². The molecule has 146 valence electrons. The predicted octanol–water partition coefficient (Wildman–Crippen LogP) is 3.80. The quantitative estimate of drug-likeness (QED) is 0.617. The zero-order valence-corrected chi connectivity index (χ0v) is 15.5. The number of para-hydroxylation sites is 1. The van der Waals surface area contributed by atoms with Gasteiger partial charge < -0.3 is 9.94 Å². The van der Waals surface area contributed by atoms with E-state index in [1.807, 2.05) is 24.3 Å². The van der Waals surface area contributed by atoms with Crippen LogP contribution in [0.5, 0.6) is 0 Å². The lowest BCUT2D eigenvalue weighted by Crippen LogP contribution is -2.44. The van der Waals surface area contributed by atoms with Crippen molar-refractivity contribution in [2.45, 2.75) is 18.4 Å². The number of rotatable bonds is 3. The number of aromatic amines is 1. The molecular weight excluding hydrogens is 387 g/mol. The van der Waals surface area contributed by atoms with E-state index in [4.69, 9.17) is 16.4 Å². The summed E-state index contributed by atoms with van der Waals surface area (Å²) in [5.74, 6) is -0.122. The number of piperidine rings is 1. The zero-order chi connectivity index (χ0) is 19.7. The molecule has 1 aliphatic rings. The summed E-state index contributed by atoms with van der Waals surface area (Å²) in [4.78, 5) is 17.5. The van der Waals surface area contributed by atoms with Crippen LogP contribution >= 0.6 is 11.6 Å². The molecule has 1 aliphatic heterocycles. The van der Waals surface area contributed by atoms with E-state index >= 15 is 0 Å². The SMILES string of the molecule is O=C(Nc1n[nH]c2ccccc12)ON1CCC(O)(c2cc(F)cc(Cl)c2)CC1. The lowest BCUT2D eigenvalue weighted by Gasteiger charge is -2.37. The molecule has 1 saturated heterocycles. The molecule has 3 aromatic rings. The van der Waals surface area contributed by atoms with Crippen LogP contribution in [-0.4, -0.2) is 39.5 Å². The topological polar surface area (TPSA) is 90.5 Å². The third-order valence-electron chi connectivity index (χ3n) is 4.85. The van der Waals surface area contributed by atoms with Gasteiger partial charge in [0, 0.05) is 23.5 Å². The van der Waals surface area contributed by atoms with Crippen LogP contribution in [0.25, 0.3) is 10.9 Å². The number of anilines is 1. The van der Waals surface area contributed by atoms with Crippen molar-refractivity contribution in [1.29, 1.82) is 0 Å². The van der Waals surface area contributed by atoms with Crippen LogP contribution in [0.3, 0.4) is 0 Å². The molecule has 4 rings (SSSR count). The molecule has 2 aromatic carbocycles. The van der Waals surface area contributed by atoms with Crippen LogP contribution in [0.4, 0.5) is 15.0 Å². The molecule has 7 nitrogen and oxygen atoms in total. The first kappa shape index (κ1) is 18.7. The number of carbonyl (C=O) groups is 1. The van der Waals surface area contributed by atoms with Gasteiger partial charge in [0.25, 0.3) is 0 Å². The fourth-order valence-electron chi connectivity index (χ4n) is 3.35. The van der Waals surface area contributed by atoms with E-state index in [0.29, 0.717) is 24.5 Å². The van der Waals surface area contributed by atoms with Gasteiger partial charge >= 0.3 is 6.09 Å². The summed E-state index contributed by atoms with van der Waals surface area (Å²) in [6.45, 7) is 0.582. The molecule has 0 bridgehead atoms. The Hall–Kier alpha value is -2.68. The van der Waals surface area contributed by atoms with Gasteiger partial charge in [0.2, 0.25) is 0 Å². The molecule has 0 saturated carbocycles. The Morgan fingerprint density at radius 3 is 2.79 bits per heavy atom. The molecule has 1 fully saturated rings. The van der Waals surface area contributed by atoms with Crippen LogP contribution in [0.15, 0.2) is 42.5 Å². The van der Waals surface area contributed by atoms with Gasteiger partial charge in [-0.3, -0.25) is 10.4 Å². The minimum Gasteiger partial charge on any atom is -0.385 e. The lowest BCUT2D eigenvalue weighted by atomic mass is 9.85. The van der Waals surface area contributed by atoms with Crippen LogP contribution in [0.1, 0.15) is 18.4 Å². The van der Waals surface area contributed by atoms with Crippen LogP contribution < -0.4 is 5.32 Å². The number of amides is 1. The van der Waals surface area contributed by atoms with Crippen molar-refractivity contribution in [3.63, 3.8) is 0 Å². The monoisotopic (exact) mass is 404 g/mol. The molecule has 0 radical (unpaired) electrons. The fourth-order valence-corrected chi connectivity index (χ4v) is 3.58. The Morgan fingerprint density at radius 1 is 1.29 bits per heavy atom. The van der Waals surface area contributed by atoms with Gasteiger partial charge in [-0.05, 0) is 48.7 Å². The number of H-pyrrole nitrogens is 1. The normalized spacial score (nSPS) is 16.8. The Balaban J connectivity index is 1.37. The van der Waals surface area contributed by atoms with Crippen LogP contribution in [-0.2, 0) is 10.4 Å². The van der Waals surface area contributed by atoms with Gasteiger partial charge in [-0.15, -0.1) is 5.06 Å². The smallest absolute Gasteiger partial charge is 0.385 e. The summed E-state index contributed by atoms with van der Waals surface area (Å²) in [7, 11) is 0. The number of aliphatic hydroxyl groups is 1. The number of hydrogen-bond donors (Lipinski definition) is 3. The Bertz CT molecular complexity index is 997. The summed E-state index contributed by atoms with van der Waals surface area (Å²) < 4.78 is 13.6. The van der Waals surface area contributed by atoms with Gasteiger partial charge in [-0.2, -0.15) is 5.10 Å². The van der Waals surface area contributed by atoms with Gasteiger partial charge in [-0.25, -0.2) is 9.18 Å². The number of carbonyl (C=O) groups excluding carboxylic acids is 1. The average molecular weight is 405 g/mol. The highest BCUT2D eigenvalue weighted by Gasteiger charge is 2.36. The maximum atomic E-state index is 13.6. The van der Waals surface area contributed by atoms with E-state index in [2.05, 4.69) is 15.5 Å². The number of nitrogens with one attached hydrogen (secondary N) is 2. The van der Waals surface area contributed by atoms with Crippen molar-refractivity contribution in [3.8, 4) is 0 Å². The van der Waals surface area contributed by atoms with Crippen LogP contribution in [0, 0.1) is 5.82 Å². The number of aromatic nitrogens is 2. The first-order chi connectivity index (χ1) is 13.4. The Labute approximate surface area is 165 Å². The lowest BCUT2D eigenvalue weighted by molar-refractivity contribution is -0.148. The molecule has 0 unspecified atom stereocenters. The summed E-state index contributed by atoms with van der Waals surface area (Å²) in [6.07, 6.45) is -0.131. The molecule has 2 heterocycles. The van der Waals surface area contributed by atoms with E-state index < -0.39 is 17.5 Å². The van der Waals surface area contributed by atoms with Crippen molar-refractivity contribution in [3.05, 3.63) is 58.9 Å². The number of halogens is 2. The van der Waals surface area contributed by atoms with E-state index in [1.54, 1.807) is 6.07 Å². The van der Waals surface area contributed by atoms with Gasteiger partial charge in [0.15, 0.2) is 5.82 Å². The predicted molar refractivity (Wildman–Crippen MR) is 102 cm³/mol. The minimum absolute atomic E-state index is 0.229. The van der Waals surface area contributed by atoms with Crippen molar-refractivity contribution < 1.29 is 19.1 Å². The summed E-state index contributed by atoms with van der Waals surface area (Å²) in [5, 5.41) is 22.8. The average Bonchev–Trinajstić information content (AvgIpc) is 3.06. The number of hydrogen-bond acceptors (Lipinski definition) is 5. The zero-order valence-electron chi connectivity index (χ0n) is 14.8. The first-order valence-corrected chi connectivity index (χ1v) is 9.17. The van der Waals surface area contributed by atoms with E-state index in [0.717, 1.165) is 10.9 Å². The molecule has 28 heavy (non-hydrogen) atoms.